The van der Waals surface area contributed by atoms with Gasteiger partial charge in [-0.3, -0.25) is 4.90 Å². The van der Waals surface area contributed by atoms with E-state index in [1.807, 2.05) is 0 Å². The number of hydrogen-bond donors (Lipinski definition) is 1. The molecule has 0 radical (unpaired) electrons. The highest BCUT2D eigenvalue weighted by Gasteiger charge is 2.68. The van der Waals surface area contributed by atoms with Crippen molar-refractivity contribution in [2.75, 3.05) is 13.1 Å². The second kappa shape index (κ2) is 4.57. The maximum absolute atomic E-state index is 3.79. The molecule has 1 aliphatic carbocycles. The van der Waals surface area contributed by atoms with Gasteiger partial charge in [0.15, 0.2) is 0 Å². The van der Waals surface area contributed by atoms with Crippen LogP contribution < -0.4 is 5.32 Å². The molecule has 0 aromatic heterocycles. The number of benzene rings is 1. The van der Waals surface area contributed by atoms with Crippen molar-refractivity contribution in [3.05, 3.63) is 35.9 Å². The molecule has 1 heterocycles. The molecule has 1 aromatic carbocycles. The van der Waals surface area contributed by atoms with Crippen molar-refractivity contribution in [2.24, 2.45) is 10.8 Å². The minimum absolute atomic E-state index is 0.0581. The minimum atomic E-state index is 0.0581. The van der Waals surface area contributed by atoms with Gasteiger partial charge in [0.25, 0.3) is 0 Å². The molecule has 0 bridgehead atoms. The topological polar surface area (TPSA) is 15.3 Å². The fourth-order valence-electron chi connectivity index (χ4n) is 4.40. The van der Waals surface area contributed by atoms with Gasteiger partial charge in [-0.05, 0) is 30.2 Å². The summed E-state index contributed by atoms with van der Waals surface area (Å²) < 4.78 is 0. The van der Waals surface area contributed by atoms with Crippen LogP contribution in [-0.2, 0) is 5.54 Å². The van der Waals surface area contributed by atoms with Gasteiger partial charge in [0.1, 0.15) is 0 Å². The normalized spacial score (nSPS) is 35.6. The molecule has 2 fully saturated rings. The summed E-state index contributed by atoms with van der Waals surface area (Å²) in [7, 11) is 0. The van der Waals surface area contributed by atoms with E-state index < -0.39 is 0 Å². The molecule has 2 nitrogen and oxygen atoms in total. The van der Waals surface area contributed by atoms with E-state index in [1.165, 1.54) is 5.56 Å². The quantitative estimate of drug-likeness (QED) is 0.893. The van der Waals surface area contributed by atoms with Crippen molar-refractivity contribution >= 4 is 0 Å². The van der Waals surface area contributed by atoms with Crippen molar-refractivity contribution in [3.8, 4) is 0 Å². The van der Waals surface area contributed by atoms with E-state index in [0.717, 1.165) is 13.1 Å². The third-order valence-corrected chi connectivity index (χ3v) is 6.54. The van der Waals surface area contributed by atoms with Crippen LogP contribution in [0.2, 0.25) is 0 Å². The summed E-state index contributed by atoms with van der Waals surface area (Å²) in [5.41, 5.74) is 2.28. The first kappa shape index (κ1) is 15.1. The number of piperazine rings is 1. The van der Waals surface area contributed by atoms with E-state index in [9.17, 15) is 0 Å². The van der Waals surface area contributed by atoms with Crippen LogP contribution >= 0.6 is 0 Å². The number of nitrogens with zero attached hydrogens (tertiary/aromatic N) is 1. The Labute approximate surface area is 129 Å². The predicted octanol–water partition coefficient (Wildman–Crippen LogP) is 3.63. The Hall–Kier alpha value is -0.860. The smallest absolute Gasteiger partial charge is 0.0535 e. The molecule has 2 unspecified atom stereocenters. The van der Waals surface area contributed by atoms with Crippen LogP contribution in [0.25, 0.3) is 0 Å². The zero-order chi connectivity index (χ0) is 15.5. The summed E-state index contributed by atoms with van der Waals surface area (Å²) in [5.74, 6) is 0. The van der Waals surface area contributed by atoms with Gasteiger partial charge in [0.05, 0.1) is 5.54 Å². The summed E-state index contributed by atoms with van der Waals surface area (Å²) in [4.78, 5) is 2.75. The van der Waals surface area contributed by atoms with Gasteiger partial charge >= 0.3 is 0 Å². The predicted molar refractivity (Wildman–Crippen MR) is 89.3 cm³/mol. The Bertz CT molecular complexity index is 506. The van der Waals surface area contributed by atoms with E-state index in [1.54, 1.807) is 0 Å². The lowest BCUT2D eigenvalue weighted by atomic mass is 9.88. The fourth-order valence-corrected chi connectivity index (χ4v) is 4.40. The lowest BCUT2D eigenvalue weighted by Crippen LogP contribution is -2.61. The first-order valence-corrected chi connectivity index (χ1v) is 8.26. The second-order valence-electron chi connectivity index (χ2n) is 8.45. The van der Waals surface area contributed by atoms with Crippen molar-refractivity contribution in [3.63, 3.8) is 0 Å². The summed E-state index contributed by atoms with van der Waals surface area (Å²) in [5, 5.41) is 3.79. The van der Waals surface area contributed by atoms with E-state index in [2.05, 4.69) is 82.1 Å². The maximum Gasteiger partial charge on any atom is 0.0535 e. The van der Waals surface area contributed by atoms with E-state index in [-0.39, 0.29) is 5.54 Å². The van der Waals surface area contributed by atoms with Gasteiger partial charge in [-0.15, -0.1) is 0 Å². The van der Waals surface area contributed by atoms with Gasteiger partial charge in [-0.25, -0.2) is 0 Å². The Morgan fingerprint density at radius 2 is 1.57 bits per heavy atom. The summed E-state index contributed by atoms with van der Waals surface area (Å²) in [6.07, 6.45) is 0. The molecule has 21 heavy (non-hydrogen) atoms. The zero-order valence-corrected chi connectivity index (χ0v) is 14.4. The van der Waals surface area contributed by atoms with E-state index in [4.69, 9.17) is 0 Å². The van der Waals surface area contributed by atoms with Gasteiger partial charge in [-0.1, -0.05) is 58.0 Å². The van der Waals surface area contributed by atoms with E-state index >= 15 is 0 Å². The molecule has 1 saturated carbocycles. The minimum Gasteiger partial charge on any atom is -0.305 e. The lowest BCUT2D eigenvalue weighted by molar-refractivity contribution is 0.0704. The molecule has 2 aliphatic rings. The van der Waals surface area contributed by atoms with Crippen LogP contribution in [0, 0.1) is 10.8 Å². The van der Waals surface area contributed by atoms with Crippen LogP contribution in [0.5, 0.6) is 0 Å². The van der Waals surface area contributed by atoms with Crippen molar-refractivity contribution in [2.45, 2.75) is 59.2 Å². The number of rotatable bonds is 2. The summed E-state index contributed by atoms with van der Waals surface area (Å²) in [6, 6.07) is 12.2. The van der Waals surface area contributed by atoms with Gasteiger partial charge in [0, 0.05) is 25.2 Å². The highest BCUT2D eigenvalue weighted by atomic mass is 15.3. The SMILES string of the molecule is CC1CNC(C)(c2ccccc2)CN1C1C(C)(C)C1(C)C. The molecule has 116 valence electrons. The highest BCUT2D eigenvalue weighted by Crippen LogP contribution is 2.66. The molecule has 1 aliphatic heterocycles. The van der Waals surface area contributed by atoms with Crippen LogP contribution in [0.4, 0.5) is 0 Å². The average molecular weight is 286 g/mol. The molecule has 2 atom stereocenters. The molecule has 0 spiro atoms. The Balaban J connectivity index is 1.87. The van der Waals surface area contributed by atoms with Gasteiger partial charge in [0.2, 0.25) is 0 Å². The maximum atomic E-state index is 3.79. The number of nitrogens with one attached hydrogen (secondary N) is 1. The molecule has 0 amide bonds. The van der Waals surface area contributed by atoms with Crippen LogP contribution in [-0.4, -0.2) is 30.1 Å². The Kier molecular flexibility index (Phi) is 3.27. The van der Waals surface area contributed by atoms with Crippen molar-refractivity contribution in [1.29, 1.82) is 0 Å². The van der Waals surface area contributed by atoms with E-state index in [0.29, 0.717) is 22.9 Å². The van der Waals surface area contributed by atoms with Crippen LogP contribution in [0.15, 0.2) is 30.3 Å². The first-order valence-electron chi connectivity index (χ1n) is 8.26. The largest absolute Gasteiger partial charge is 0.305 e. The third kappa shape index (κ3) is 2.15. The summed E-state index contributed by atoms with van der Waals surface area (Å²) >= 11 is 0. The molecule has 1 N–H and O–H groups in total. The van der Waals surface area contributed by atoms with Crippen LogP contribution in [0.1, 0.15) is 47.1 Å². The third-order valence-electron chi connectivity index (χ3n) is 6.54. The number of hydrogen-bond acceptors (Lipinski definition) is 2. The Morgan fingerprint density at radius 1 is 1.00 bits per heavy atom. The zero-order valence-electron chi connectivity index (χ0n) is 14.4. The average Bonchev–Trinajstić information content (AvgIpc) is 2.84. The Morgan fingerprint density at radius 3 is 2.10 bits per heavy atom. The molecule has 2 heteroatoms. The van der Waals surface area contributed by atoms with Crippen LogP contribution in [0.3, 0.4) is 0 Å². The summed E-state index contributed by atoms with van der Waals surface area (Å²) in [6.45, 7) is 16.6. The standard InChI is InChI=1S/C19H30N2/c1-14-12-20-19(6,15-10-8-7-9-11-15)13-21(14)16-17(2,3)18(16,4)5/h7-11,14,16,20H,12-13H2,1-6H3. The van der Waals surface area contributed by atoms with Crippen molar-refractivity contribution < 1.29 is 0 Å². The molecule has 3 rings (SSSR count). The van der Waals surface area contributed by atoms with Gasteiger partial charge in [-0.2, -0.15) is 0 Å². The molecule has 1 aromatic rings. The molecular formula is C19H30N2. The second-order valence-corrected chi connectivity index (χ2v) is 8.45. The molecule has 1 saturated heterocycles. The highest BCUT2D eigenvalue weighted by molar-refractivity contribution is 5.27. The van der Waals surface area contributed by atoms with Crippen molar-refractivity contribution in [1.82, 2.24) is 10.2 Å². The fraction of sp³-hybridized carbons (Fsp3) is 0.684. The van der Waals surface area contributed by atoms with Gasteiger partial charge < -0.3 is 5.32 Å². The first-order chi connectivity index (χ1) is 9.70. The molecular weight excluding hydrogens is 256 g/mol. The lowest BCUT2D eigenvalue weighted by Gasteiger charge is -2.46. The monoisotopic (exact) mass is 286 g/mol.